The average molecular weight is 543 g/mol. The highest BCUT2D eigenvalue weighted by molar-refractivity contribution is 7.89. The van der Waals surface area contributed by atoms with E-state index in [-0.39, 0.29) is 30.0 Å². The Hall–Kier alpha value is -3.80. The van der Waals surface area contributed by atoms with Crippen LogP contribution in [-0.4, -0.2) is 47.4 Å². The van der Waals surface area contributed by atoms with Crippen molar-refractivity contribution in [3.05, 3.63) is 78.0 Å². The predicted molar refractivity (Wildman–Crippen MR) is 134 cm³/mol. The number of carbonyl (C=O) groups is 2. The summed E-state index contributed by atoms with van der Waals surface area (Å²) < 4.78 is 44.1. The largest absolute Gasteiger partial charge is 0.355 e. The van der Waals surface area contributed by atoms with Gasteiger partial charge in [-0.3, -0.25) is 9.59 Å². The molecule has 0 N–H and O–H groups in total. The molecule has 0 unspecified atom stereocenters. The standard InChI is InChI=1S/C25H20ClFN4O5S/c1-29-13-22(28-14-29)18-4-7-23(21(27)12-18)30-9-8-24(25(30)33)31(36-15-32)37(34,35)20-6-3-16-10-19(26)5-2-17(16)11-20/h2-7,10-15,24H,8-9H2,1H3/t24-/m0/s1. The van der Waals surface area contributed by atoms with Gasteiger partial charge in [0.05, 0.1) is 22.6 Å². The number of nitrogens with zero attached hydrogens (tertiary/aromatic N) is 4. The van der Waals surface area contributed by atoms with E-state index in [1.54, 1.807) is 54.5 Å². The lowest BCUT2D eigenvalue weighted by Gasteiger charge is -2.24. The molecule has 1 aliphatic heterocycles. The quantitative estimate of drug-likeness (QED) is 0.259. The molecule has 1 fully saturated rings. The molecule has 1 saturated heterocycles. The Kier molecular flexibility index (Phi) is 6.44. The van der Waals surface area contributed by atoms with Gasteiger partial charge in [0.2, 0.25) is 5.91 Å². The van der Waals surface area contributed by atoms with Gasteiger partial charge >= 0.3 is 6.47 Å². The number of aromatic nitrogens is 2. The zero-order chi connectivity index (χ0) is 26.3. The van der Waals surface area contributed by atoms with E-state index in [2.05, 4.69) is 4.98 Å². The van der Waals surface area contributed by atoms with Crippen LogP contribution in [0.3, 0.4) is 0 Å². The van der Waals surface area contributed by atoms with Crippen LogP contribution in [0.15, 0.2) is 72.0 Å². The Morgan fingerprint density at radius 1 is 1.14 bits per heavy atom. The molecule has 1 aromatic heterocycles. The predicted octanol–water partition coefficient (Wildman–Crippen LogP) is 3.92. The Morgan fingerprint density at radius 3 is 2.59 bits per heavy atom. The van der Waals surface area contributed by atoms with Crippen molar-refractivity contribution in [3.63, 3.8) is 0 Å². The van der Waals surface area contributed by atoms with Gasteiger partial charge in [0.1, 0.15) is 11.9 Å². The smallest absolute Gasteiger partial charge is 0.314 e. The maximum atomic E-state index is 15.1. The van der Waals surface area contributed by atoms with Gasteiger partial charge in [0.15, 0.2) is 0 Å². The lowest BCUT2D eigenvalue weighted by Crippen LogP contribution is -2.45. The summed E-state index contributed by atoms with van der Waals surface area (Å²) in [7, 11) is -2.65. The highest BCUT2D eigenvalue weighted by atomic mass is 35.5. The molecule has 37 heavy (non-hydrogen) atoms. The van der Waals surface area contributed by atoms with Gasteiger partial charge in [-0.05, 0) is 58.1 Å². The third-order valence-electron chi connectivity index (χ3n) is 6.13. The van der Waals surface area contributed by atoms with Gasteiger partial charge in [-0.2, -0.15) is 0 Å². The van der Waals surface area contributed by atoms with Gasteiger partial charge in [-0.25, -0.2) is 17.8 Å². The van der Waals surface area contributed by atoms with Crippen molar-refractivity contribution in [2.24, 2.45) is 7.05 Å². The minimum Gasteiger partial charge on any atom is -0.355 e. The second kappa shape index (κ2) is 9.58. The minimum absolute atomic E-state index is 0.0155. The fraction of sp³-hybridized carbons (Fsp3) is 0.160. The number of benzene rings is 3. The molecule has 1 atom stereocenters. The second-order valence-electron chi connectivity index (χ2n) is 8.50. The van der Waals surface area contributed by atoms with Crippen molar-refractivity contribution >= 4 is 50.5 Å². The number of halogens is 2. The lowest BCUT2D eigenvalue weighted by molar-refractivity contribution is -0.160. The molecule has 2 heterocycles. The first kappa shape index (κ1) is 24.9. The topological polar surface area (TPSA) is 102 Å². The minimum atomic E-state index is -4.44. The number of carbonyl (C=O) groups excluding carboxylic acids is 2. The zero-order valence-electron chi connectivity index (χ0n) is 19.4. The molecule has 0 radical (unpaired) electrons. The maximum Gasteiger partial charge on any atom is 0.314 e. The van der Waals surface area contributed by atoms with Crippen molar-refractivity contribution in [1.29, 1.82) is 0 Å². The highest BCUT2D eigenvalue weighted by Gasteiger charge is 2.45. The molecule has 0 saturated carbocycles. The zero-order valence-corrected chi connectivity index (χ0v) is 21.0. The van der Waals surface area contributed by atoms with Crippen molar-refractivity contribution in [2.75, 3.05) is 11.4 Å². The van der Waals surface area contributed by atoms with Gasteiger partial charge in [-0.15, -0.1) is 0 Å². The molecule has 12 heteroatoms. The fourth-order valence-electron chi connectivity index (χ4n) is 4.35. The summed E-state index contributed by atoms with van der Waals surface area (Å²) in [5.41, 5.74) is 1.07. The summed E-state index contributed by atoms with van der Waals surface area (Å²) in [6.07, 6.45) is 3.30. The van der Waals surface area contributed by atoms with Crippen LogP contribution in [0.25, 0.3) is 22.0 Å². The van der Waals surface area contributed by atoms with Gasteiger partial charge < -0.3 is 14.3 Å². The molecule has 1 aliphatic rings. The number of hydroxylamine groups is 1. The SMILES string of the molecule is Cn1cnc(-c2ccc(N3CC[C@H](N(OC=O)S(=O)(=O)c4ccc5cc(Cl)ccc5c4)C3=O)c(F)c2)c1. The van der Waals surface area contributed by atoms with Crippen LogP contribution in [0.4, 0.5) is 10.1 Å². The van der Waals surface area contributed by atoms with E-state index in [4.69, 9.17) is 16.4 Å². The van der Waals surface area contributed by atoms with Crippen molar-refractivity contribution in [2.45, 2.75) is 17.4 Å². The first-order chi connectivity index (χ1) is 17.7. The second-order valence-corrected chi connectivity index (χ2v) is 10.7. The van der Waals surface area contributed by atoms with E-state index < -0.39 is 27.8 Å². The molecule has 3 aromatic carbocycles. The number of hydrogen-bond acceptors (Lipinski definition) is 6. The molecule has 0 bridgehead atoms. The van der Waals surface area contributed by atoms with E-state index in [0.717, 1.165) is 4.90 Å². The van der Waals surface area contributed by atoms with E-state index >= 15 is 4.39 Å². The fourth-order valence-corrected chi connectivity index (χ4v) is 5.93. The summed E-state index contributed by atoms with van der Waals surface area (Å²) >= 11 is 6.00. The first-order valence-corrected chi connectivity index (χ1v) is 12.9. The van der Waals surface area contributed by atoms with Crippen LogP contribution in [0.1, 0.15) is 6.42 Å². The summed E-state index contributed by atoms with van der Waals surface area (Å²) in [5, 5.41) is 1.79. The molecular weight excluding hydrogens is 523 g/mol. The van der Waals surface area contributed by atoms with Crippen LogP contribution >= 0.6 is 11.6 Å². The summed E-state index contributed by atoms with van der Waals surface area (Å²) in [6, 6.07) is 12.2. The monoisotopic (exact) mass is 542 g/mol. The number of rotatable bonds is 7. The molecule has 4 aromatic rings. The van der Waals surface area contributed by atoms with E-state index in [9.17, 15) is 18.0 Å². The van der Waals surface area contributed by atoms with Crippen molar-refractivity contribution in [3.8, 4) is 11.3 Å². The number of anilines is 1. The van der Waals surface area contributed by atoms with Crippen molar-refractivity contribution < 1.29 is 27.2 Å². The van der Waals surface area contributed by atoms with E-state index in [1.165, 1.54) is 24.3 Å². The van der Waals surface area contributed by atoms with Gasteiger partial charge in [-0.1, -0.05) is 29.8 Å². The number of aryl methyl sites for hydroxylation is 1. The number of imidazole rings is 1. The summed E-state index contributed by atoms with van der Waals surface area (Å²) in [5.74, 6) is -1.39. The van der Waals surface area contributed by atoms with E-state index in [0.29, 0.717) is 31.5 Å². The molecule has 190 valence electrons. The van der Waals surface area contributed by atoms with Crippen LogP contribution in [0.2, 0.25) is 5.02 Å². The Morgan fingerprint density at radius 2 is 1.89 bits per heavy atom. The number of hydrogen-bond donors (Lipinski definition) is 0. The molecule has 5 rings (SSSR count). The highest BCUT2D eigenvalue weighted by Crippen LogP contribution is 2.32. The lowest BCUT2D eigenvalue weighted by atomic mass is 10.1. The molecule has 0 spiro atoms. The number of sulfonamides is 1. The van der Waals surface area contributed by atoms with Crippen LogP contribution in [0.5, 0.6) is 0 Å². The molecule has 9 nitrogen and oxygen atoms in total. The summed E-state index contributed by atoms with van der Waals surface area (Å²) in [6.45, 7) is -0.0373. The number of amides is 1. The van der Waals surface area contributed by atoms with Crippen LogP contribution < -0.4 is 4.90 Å². The first-order valence-electron chi connectivity index (χ1n) is 11.1. The summed E-state index contributed by atoms with van der Waals surface area (Å²) in [4.78, 5) is 34.5. The van der Waals surface area contributed by atoms with Gasteiger partial charge in [0.25, 0.3) is 10.0 Å². The average Bonchev–Trinajstić information content (AvgIpc) is 3.47. The molecule has 0 aliphatic carbocycles. The van der Waals surface area contributed by atoms with Crippen LogP contribution in [-0.2, 0) is 31.5 Å². The maximum absolute atomic E-state index is 15.1. The van der Waals surface area contributed by atoms with Crippen LogP contribution in [0, 0.1) is 5.82 Å². The van der Waals surface area contributed by atoms with Crippen molar-refractivity contribution in [1.82, 2.24) is 14.0 Å². The Balaban J connectivity index is 1.44. The Labute approximate surface area is 216 Å². The molecule has 1 amide bonds. The van der Waals surface area contributed by atoms with Gasteiger partial charge in [0, 0.05) is 30.4 Å². The normalized spacial score (nSPS) is 16.1. The van der Waals surface area contributed by atoms with E-state index in [1.807, 2.05) is 0 Å². The third kappa shape index (κ3) is 4.57. The number of fused-ring (bicyclic) bond motifs is 1. The third-order valence-corrected chi connectivity index (χ3v) is 8.03. The molecular formula is C25H20ClFN4O5S. The Bertz CT molecular complexity index is 1640.